The van der Waals surface area contributed by atoms with E-state index in [0.29, 0.717) is 27.8 Å². The Bertz CT molecular complexity index is 1070. The van der Waals surface area contributed by atoms with E-state index in [0.717, 1.165) is 24.1 Å². The van der Waals surface area contributed by atoms with E-state index < -0.39 is 5.60 Å². The van der Waals surface area contributed by atoms with Crippen LogP contribution in [0.4, 0.5) is 0 Å². The number of carbonyl (C=O) groups excluding carboxylic acids is 1. The molecule has 1 atom stereocenters. The average molecular weight is 442 g/mol. The minimum atomic E-state index is -0.902. The number of aryl methyl sites for hydroxylation is 1. The summed E-state index contributed by atoms with van der Waals surface area (Å²) in [5.74, 6) is 0.871. The SMILES string of the molecule is Cc1cc(COc2ncc(C(=O)NCC(C)(O)C3CC3)cc2-c2ccc(Cl)cc2)on1. The Morgan fingerprint density at radius 2 is 2.06 bits per heavy atom. The molecule has 0 bridgehead atoms. The molecule has 31 heavy (non-hydrogen) atoms. The van der Waals surface area contributed by atoms with E-state index in [9.17, 15) is 9.90 Å². The smallest absolute Gasteiger partial charge is 0.252 e. The van der Waals surface area contributed by atoms with E-state index in [1.165, 1.54) is 6.20 Å². The number of halogens is 1. The third kappa shape index (κ3) is 5.24. The predicted molar refractivity (Wildman–Crippen MR) is 116 cm³/mol. The Labute approximate surface area is 185 Å². The molecule has 162 valence electrons. The van der Waals surface area contributed by atoms with Gasteiger partial charge in [0.15, 0.2) is 12.4 Å². The van der Waals surface area contributed by atoms with Gasteiger partial charge < -0.3 is 19.7 Å². The van der Waals surface area contributed by atoms with Crippen LogP contribution < -0.4 is 10.1 Å². The highest BCUT2D eigenvalue weighted by Gasteiger charge is 2.40. The minimum Gasteiger partial charge on any atom is -0.469 e. The van der Waals surface area contributed by atoms with E-state index in [2.05, 4.69) is 15.5 Å². The highest BCUT2D eigenvalue weighted by molar-refractivity contribution is 6.30. The number of rotatable bonds is 8. The second-order valence-corrected chi connectivity index (χ2v) is 8.56. The molecule has 1 aromatic carbocycles. The van der Waals surface area contributed by atoms with Crippen molar-refractivity contribution in [1.82, 2.24) is 15.5 Å². The molecule has 1 aliphatic carbocycles. The number of amides is 1. The number of nitrogens with zero attached hydrogens (tertiary/aromatic N) is 2. The highest BCUT2D eigenvalue weighted by atomic mass is 35.5. The fraction of sp³-hybridized carbons (Fsp3) is 0.348. The van der Waals surface area contributed by atoms with Crippen molar-refractivity contribution in [2.75, 3.05) is 6.54 Å². The summed E-state index contributed by atoms with van der Waals surface area (Å²) in [6.07, 6.45) is 3.44. The van der Waals surface area contributed by atoms with Crippen molar-refractivity contribution in [2.45, 2.75) is 38.9 Å². The number of benzene rings is 1. The molecule has 3 aromatic rings. The predicted octanol–water partition coefficient (Wildman–Crippen LogP) is 4.17. The molecular weight excluding hydrogens is 418 g/mol. The van der Waals surface area contributed by atoms with Crippen LogP contribution in [0.3, 0.4) is 0 Å². The third-order valence-corrected chi connectivity index (χ3v) is 5.61. The first-order valence-electron chi connectivity index (χ1n) is 10.1. The molecule has 1 unspecified atom stereocenters. The lowest BCUT2D eigenvalue weighted by molar-refractivity contribution is 0.0354. The van der Waals surface area contributed by atoms with Crippen LogP contribution in [0.15, 0.2) is 47.1 Å². The molecule has 2 aromatic heterocycles. The zero-order chi connectivity index (χ0) is 22.0. The monoisotopic (exact) mass is 441 g/mol. The van der Waals surface area contributed by atoms with Crippen molar-refractivity contribution in [3.63, 3.8) is 0 Å². The molecule has 0 aliphatic heterocycles. The lowest BCUT2D eigenvalue weighted by Crippen LogP contribution is -2.42. The van der Waals surface area contributed by atoms with Crippen LogP contribution in [0, 0.1) is 12.8 Å². The van der Waals surface area contributed by atoms with E-state index in [-0.39, 0.29) is 25.0 Å². The van der Waals surface area contributed by atoms with Gasteiger partial charge in [-0.3, -0.25) is 4.79 Å². The third-order valence-electron chi connectivity index (χ3n) is 5.36. The lowest BCUT2D eigenvalue weighted by Gasteiger charge is -2.23. The number of aromatic nitrogens is 2. The number of nitrogens with one attached hydrogen (secondary N) is 1. The summed E-state index contributed by atoms with van der Waals surface area (Å²) >= 11 is 6.02. The van der Waals surface area contributed by atoms with Crippen molar-refractivity contribution in [3.05, 3.63) is 64.6 Å². The van der Waals surface area contributed by atoms with Crippen molar-refractivity contribution >= 4 is 17.5 Å². The van der Waals surface area contributed by atoms with Gasteiger partial charge in [-0.2, -0.15) is 0 Å². The van der Waals surface area contributed by atoms with Gasteiger partial charge in [0.1, 0.15) is 0 Å². The van der Waals surface area contributed by atoms with Crippen LogP contribution in [0.2, 0.25) is 5.02 Å². The highest BCUT2D eigenvalue weighted by Crippen LogP contribution is 2.39. The van der Waals surface area contributed by atoms with Crippen molar-refractivity contribution in [2.24, 2.45) is 5.92 Å². The maximum Gasteiger partial charge on any atom is 0.252 e. The summed E-state index contributed by atoms with van der Waals surface area (Å²) in [7, 11) is 0. The fourth-order valence-electron chi connectivity index (χ4n) is 3.36. The molecule has 4 rings (SSSR count). The van der Waals surface area contributed by atoms with Crippen LogP contribution >= 0.6 is 11.6 Å². The first kappa shape index (κ1) is 21.3. The van der Waals surface area contributed by atoms with Gasteiger partial charge in [-0.05, 0) is 56.4 Å². The van der Waals surface area contributed by atoms with Crippen LogP contribution in [0.5, 0.6) is 5.88 Å². The quantitative estimate of drug-likeness (QED) is 0.544. The second-order valence-electron chi connectivity index (χ2n) is 8.12. The fourth-order valence-corrected chi connectivity index (χ4v) is 3.49. The number of hydrogen-bond donors (Lipinski definition) is 2. The summed E-state index contributed by atoms with van der Waals surface area (Å²) < 4.78 is 11.0. The number of ether oxygens (including phenoxy) is 1. The Morgan fingerprint density at radius 3 is 2.71 bits per heavy atom. The molecule has 7 nitrogen and oxygen atoms in total. The van der Waals surface area contributed by atoms with Crippen LogP contribution in [-0.4, -0.2) is 33.3 Å². The molecular formula is C23H24ClN3O4. The Morgan fingerprint density at radius 1 is 1.32 bits per heavy atom. The largest absolute Gasteiger partial charge is 0.469 e. The summed E-state index contributed by atoms with van der Waals surface area (Å²) in [4.78, 5) is 17.1. The Hall–Kier alpha value is -2.90. The van der Waals surface area contributed by atoms with Gasteiger partial charge in [0.25, 0.3) is 5.91 Å². The van der Waals surface area contributed by atoms with E-state index >= 15 is 0 Å². The van der Waals surface area contributed by atoms with Crippen LogP contribution in [0.25, 0.3) is 11.1 Å². The molecule has 1 saturated carbocycles. The van der Waals surface area contributed by atoms with Gasteiger partial charge in [0.05, 0.1) is 16.9 Å². The van der Waals surface area contributed by atoms with Gasteiger partial charge in [0, 0.05) is 29.4 Å². The normalized spacial score (nSPS) is 15.4. The summed E-state index contributed by atoms with van der Waals surface area (Å²) in [5.41, 5.74) is 1.69. The Kier molecular flexibility index (Phi) is 5.98. The number of carbonyl (C=O) groups is 1. The van der Waals surface area contributed by atoms with Gasteiger partial charge in [-0.15, -0.1) is 0 Å². The lowest BCUT2D eigenvalue weighted by atomic mass is 10.0. The molecule has 1 amide bonds. The zero-order valence-electron chi connectivity index (χ0n) is 17.4. The van der Waals surface area contributed by atoms with Crippen LogP contribution in [0.1, 0.15) is 41.6 Å². The molecule has 1 fully saturated rings. The van der Waals surface area contributed by atoms with Crippen molar-refractivity contribution < 1.29 is 19.2 Å². The summed E-state index contributed by atoms with van der Waals surface area (Å²) in [6, 6.07) is 10.7. The van der Waals surface area contributed by atoms with Crippen molar-refractivity contribution in [1.29, 1.82) is 0 Å². The van der Waals surface area contributed by atoms with E-state index in [1.807, 2.05) is 19.1 Å². The molecule has 8 heteroatoms. The topological polar surface area (TPSA) is 97.5 Å². The van der Waals surface area contributed by atoms with Crippen molar-refractivity contribution in [3.8, 4) is 17.0 Å². The first-order valence-corrected chi connectivity index (χ1v) is 10.5. The standard InChI is InChI=1S/C23H24ClN3O4/c1-14-9-19(31-27-14)12-30-22-20(15-3-7-18(24)8-4-15)10-16(11-25-22)21(28)26-13-23(2,29)17-5-6-17/h3-4,7-11,17,29H,5-6,12-13H2,1-2H3,(H,26,28). The molecule has 0 saturated heterocycles. The minimum absolute atomic E-state index is 0.157. The molecule has 2 heterocycles. The summed E-state index contributed by atoms with van der Waals surface area (Å²) in [5, 5.41) is 17.7. The maximum absolute atomic E-state index is 12.7. The molecule has 2 N–H and O–H groups in total. The molecule has 0 spiro atoms. The number of pyridine rings is 1. The van der Waals surface area contributed by atoms with E-state index in [1.54, 1.807) is 31.2 Å². The summed E-state index contributed by atoms with van der Waals surface area (Å²) in [6.45, 7) is 3.93. The number of aliphatic hydroxyl groups is 1. The van der Waals surface area contributed by atoms with Gasteiger partial charge in [-0.25, -0.2) is 4.98 Å². The molecule has 0 radical (unpaired) electrons. The second kappa shape index (κ2) is 8.69. The first-order chi connectivity index (χ1) is 14.8. The van der Waals surface area contributed by atoms with Gasteiger partial charge in [-0.1, -0.05) is 28.9 Å². The number of hydrogen-bond acceptors (Lipinski definition) is 6. The van der Waals surface area contributed by atoms with Gasteiger partial charge in [0.2, 0.25) is 5.88 Å². The Balaban J connectivity index is 1.56. The van der Waals surface area contributed by atoms with Crippen LogP contribution in [-0.2, 0) is 6.61 Å². The maximum atomic E-state index is 12.7. The molecule has 1 aliphatic rings. The van der Waals surface area contributed by atoms with E-state index in [4.69, 9.17) is 20.9 Å². The zero-order valence-corrected chi connectivity index (χ0v) is 18.1. The average Bonchev–Trinajstić information content (AvgIpc) is 3.54. The van der Waals surface area contributed by atoms with Gasteiger partial charge >= 0.3 is 0 Å².